The normalized spacial score (nSPS) is 15.3. The van der Waals surface area contributed by atoms with Crippen LogP contribution in [0.25, 0.3) is 0 Å². The largest absolute Gasteiger partial charge is 0.494 e. The molecule has 20 heavy (non-hydrogen) atoms. The molecule has 1 fully saturated rings. The summed E-state index contributed by atoms with van der Waals surface area (Å²) in [4.78, 5) is 12.0. The number of methoxy groups -OCH3 is 1. The van der Waals surface area contributed by atoms with E-state index < -0.39 is 0 Å². The maximum Gasteiger partial charge on any atom is 0.224 e. The van der Waals surface area contributed by atoms with Crippen LogP contribution in [0.3, 0.4) is 0 Å². The van der Waals surface area contributed by atoms with Crippen molar-refractivity contribution >= 4 is 24.0 Å². The van der Waals surface area contributed by atoms with E-state index in [-0.39, 0.29) is 24.1 Å². The van der Waals surface area contributed by atoms with E-state index in [0.29, 0.717) is 23.8 Å². The van der Waals surface area contributed by atoms with E-state index in [1.807, 2.05) is 0 Å². The van der Waals surface area contributed by atoms with Crippen molar-refractivity contribution in [3.05, 3.63) is 24.0 Å². The van der Waals surface area contributed by atoms with E-state index in [0.717, 1.165) is 25.9 Å². The van der Waals surface area contributed by atoms with E-state index in [2.05, 4.69) is 10.6 Å². The summed E-state index contributed by atoms with van der Waals surface area (Å²) in [6.07, 6.45) is 2.55. The van der Waals surface area contributed by atoms with Gasteiger partial charge in [-0.05, 0) is 44.0 Å². The molecule has 0 radical (unpaired) electrons. The van der Waals surface area contributed by atoms with Gasteiger partial charge in [0.05, 0.1) is 12.8 Å². The van der Waals surface area contributed by atoms with Gasteiger partial charge in [-0.15, -0.1) is 12.4 Å². The Morgan fingerprint density at radius 1 is 1.45 bits per heavy atom. The Hall–Kier alpha value is -1.33. The molecule has 1 aromatic carbocycles. The molecule has 1 aromatic rings. The molecule has 6 heteroatoms. The third-order valence-corrected chi connectivity index (χ3v) is 3.37. The van der Waals surface area contributed by atoms with Gasteiger partial charge in [0.15, 0.2) is 0 Å². The number of amides is 1. The molecule has 1 amide bonds. The molecule has 0 bridgehead atoms. The molecular weight excluding hydrogens is 283 g/mol. The molecule has 1 aliphatic heterocycles. The summed E-state index contributed by atoms with van der Waals surface area (Å²) in [7, 11) is 1.46. The summed E-state index contributed by atoms with van der Waals surface area (Å²) in [6, 6.07) is 4.09. The third kappa shape index (κ3) is 4.65. The number of nitrogens with one attached hydrogen (secondary N) is 2. The predicted molar refractivity (Wildman–Crippen MR) is 79.0 cm³/mol. The fraction of sp³-hybridized carbons (Fsp3) is 0.500. The molecule has 4 nitrogen and oxygen atoms in total. The summed E-state index contributed by atoms with van der Waals surface area (Å²) in [6.45, 7) is 1.94. The Kier molecular flexibility index (Phi) is 6.75. The highest BCUT2D eigenvalue weighted by molar-refractivity contribution is 5.92. The van der Waals surface area contributed by atoms with Gasteiger partial charge in [0, 0.05) is 12.5 Å². The smallest absolute Gasteiger partial charge is 0.224 e. The predicted octanol–water partition coefficient (Wildman–Crippen LogP) is 2.58. The zero-order valence-corrected chi connectivity index (χ0v) is 12.3. The van der Waals surface area contributed by atoms with Crippen LogP contribution in [-0.4, -0.2) is 26.1 Å². The molecular formula is C14H20ClFN2O2. The zero-order valence-electron chi connectivity index (χ0n) is 11.4. The number of hydrogen-bond acceptors (Lipinski definition) is 3. The van der Waals surface area contributed by atoms with Crippen LogP contribution in [0.2, 0.25) is 0 Å². The quantitative estimate of drug-likeness (QED) is 0.899. The second-order valence-corrected chi connectivity index (χ2v) is 4.79. The van der Waals surface area contributed by atoms with Gasteiger partial charge in [-0.25, -0.2) is 4.39 Å². The topological polar surface area (TPSA) is 50.4 Å². The number of carbonyl (C=O) groups excluding carboxylic acids is 1. The number of hydrogen-bond donors (Lipinski definition) is 2. The standard InChI is InChI=1S/C14H19FN2O2.ClH/c1-19-13-9-11(15)2-3-12(13)17-14(18)8-10-4-6-16-7-5-10;/h2-3,9-10,16H,4-8H2,1H3,(H,17,18);1H. The number of ether oxygens (including phenoxy) is 1. The Morgan fingerprint density at radius 2 is 2.15 bits per heavy atom. The van der Waals surface area contributed by atoms with Crippen LogP contribution >= 0.6 is 12.4 Å². The Morgan fingerprint density at radius 3 is 2.80 bits per heavy atom. The minimum absolute atomic E-state index is 0. The van der Waals surface area contributed by atoms with Crippen LogP contribution in [0.1, 0.15) is 19.3 Å². The van der Waals surface area contributed by atoms with Gasteiger partial charge in [0.2, 0.25) is 5.91 Å². The number of halogens is 2. The Bertz CT molecular complexity index is 451. The first-order valence-corrected chi connectivity index (χ1v) is 6.53. The lowest BCUT2D eigenvalue weighted by Crippen LogP contribution is -2.30. The Balaban J connectivity index is 0.00000200. The molecule has 0 saturated carbocycles. The molecule has 112 valence electrons. The monoisotopic (exact) mass is 302 g/mol. The highest BCUT2D eigenvalue weighted by Gasteiger charge is 2.17. The zero-order chi connectivity index (χ0) is 13.7. The summed E-state index contributed by atoms with van der Waals surface area (Å²) in [5.74, 6) is 0.344. The number of anilines is 1. The summed E-state index contributed by atoms with van der Waals surface area (Å²) >= 11 is 0. The van der Waals surface area contributed by atoms with Gasteiger partial charge in [-0.2, -0.15) is 0 Å². The number of benzene rings is 1. The Labute approximate surface area is 124 Å². The average molecular weight is 303 g/mol. The van der Waals surface area contributed by atoms with Gasteiger partial charge >= 0.3 is 0 Å². The van der Waals surface area contributed by atoms with Crippen LogP contribution in [0.4, 0.5) is 10.1 Å². The third-order valence-electron chi connectivity index (χ3n) is 3.37. The first-order valence-electron chi connectivity index (χ1n) is 6.53. The van der Waals surface area contributed by atoms with Crippen LogP contribution < -0.4 is 15.4 Å². The molecule has 2 rings (SSSR count). The van der Waals surface area contributed by atoms with E-state index >= 15 is 0 Å². The van der Waals surface area contributed by atoms with Crippen molar-refractivity contribution in [3.63, 3.8) is 0 Å². The summed E-state index contributed by atoms with van der Waals surface area (Å²) in [5, 5.41) is 6.05. The molecule has 0 spiro atoms. The van der Waals surface area contributed by atoms with Crippen molar-refractivity contribution in [3.8, 4) is 5.75 Å². The van der Waals surface area contributed by atoms with Crippen molar-refractivity contribution < 1.29 is 13.9 Å². The van der Waals surface area contributed by atoms with Crippen LogP contribution in [0, 0.1) is 11.7 Å². The first kappa shape index (κ1) is 16.7. The first-order chi connectivity index (χ1) is 9.19. The minimum Gasteiger partial charge on any atom is -0.494 e. The van der Waals surface area contributed by atoms with Gasteiger partial charge < -0.3 is 15.4 Å². The van der Waals surface area contributed by atoms with Crippen molar-refractivity contribution in [1.29, 1.82) is 0 Å². The molecule has 1 saturated heterocycles. The molecule has 2 N–H and O–H groups in total. The van der Waals surface area contributed by atoms with Crippen molar-refractivity contribution in [2.75, 3.05) is 25.5 Å². The number of carbonyl (C=O) groups is 1. The lowest BCUT2D eigenvalue weighted by molar-refractivity contribution is -0.117. The van der Waals surface area contributed by atoms with Crippen LogP contribution in [-0.2, 0) is 4.79 Å². The summed E-state index contributed by atoms with van der Waals surface area (Å²) < 4.78 is 18.1. The fourth-order valence-corrected chi connectivity index (χ4v) is 2.32. The van der Waals surface area contributed by atoms with E-state index in [1.165, 1.54) is 25.3 Å². The molecule has 0 aliphatic carbocycles. The maximum atomic E-state index is 13.0. The minimum atomic E-state index is -0.381. The van der Waals surface area contributed by atoms with Crippen LogP contribution in [0.5, 0.6) is 5.75 Å². The second kappa shape index (κ2) is 8.07. The van der Waals surface area contributed by atoms with Gasteiger partial charge in [-0.3, -0.25) is 4.79 Å². The van der Waals surface area contributed by atoms with E-state index in [4.69, 9.17) is 4.74 Å². The van der Waals surface area contributed by atoms with Crippen molar-refractivity contribution in [2.45, 2.75) is 19.3 Å². The molecule has 0 aromatic heterocycles. The SMILES string of the molecule is COc1cc(F)ccc1NC(=O)CC1CCNCC1.Cl. The highest BCUT2D eigenvalue weighted by Crippen LogP contribution is 2.26. The molecule has 1 aliphatic rings. The van der Waals surface area contributed by atoms with E-state index in [1.54, 1.807) is 0 Å². The van der Waals surface area contributed by atoms with Gasteiger partial charge in [0.1, 0.15) is 11.6 Å². The molecule has 0 atom stereocenters. The lowest BCUT2D eigenvalue weighted by atomic mass is 9.94. The van der Waals surface area contributed by atoms with Gasteiger partial charge in [0.25, 0.3) is 0 Å². The number of rotatable bonds is 4. The highest BCUT2D eigenvalue weighted by atomic mass is 35.5. The average Bonchev–Trinajstić information content (AvgIpc) is 2.42. The molecule has 0 unspecified atom stereocenters. The fourth-order valence-electron chi connectivity index (χ4n) is 2.32. The lowest BCUT2D eigenvalue weighted by Gasteiger charge is -2.22. The summed E-state index contributed by atoms with van der Waals surface area (Å²) in [5.41, 5.74) is 0.517. The van der Waals surface area contributed by atoms with Gasteiger partial charge in [-0.1, -0.05) is 0 Å². The maximum absolute atomic E-state index is 13.0. The van der Waals surface area contributed by atoms with E-state index in [9.17, 15) is 9.18 Å². The van der Waals surface area contributed by atoms with Crippen molar-refractivity contribution in [1.82, 2.24) is 5.32 Å². The van der Waals surface area contributed by atoms with Crippen LogP contribution in [0.15, 0.2) is 18.2 Å². The van der Waals surface area contributed by atoms with Crippen molar-refractivity contribution in [2.24, 2.45) is 5.92 Å². The second-order valence-electron chi connectivity index (χ2n) is 4.79. The molecule has 1 heterocycles. The number of piperidine rings is 1.